The van der Waals surface area contributed by atoms with Crippen molar-refractivity contribution in [3.05, 3.63) is 23.8 Å². The summed E-state index contributed by atoms with van der Waals surface area (Å²) >= 11 is 0. The van der Waals surface area contributed by atoms with Crippen LogP contribution in [0.25, 0.3) is 0 Å². The first-order valence-corrected chi connectivity index (χ1v) is 6.90. The molecule has 0 saturated heterocycles. The van der Waals surface area contributed by atoms with Gasteiger partial charge in [0.05, 0.1) is 12.2 Å². The molecular formula is C16H22N2O3. The normalized spacial score (nSPS) is 10.8. The van der Waals surface area contributed by atoms with E-state index in [1.165, 1.54) is 0 Å². The molecule has 0 aliphatic heterocycles. The molecule has 1 aromatic rings. The number of anilines is 1. The molecule has 21 heavy (non-hydrogen) atoms. The van der Waals surface area contributed by atoms with Gasteiger partial charge in [-0.25, -0.2) is 0 Å². The summed E-state index contributed by atoms with van der Waals surface area (Å²) in [6.07, 6.45) is 0. The van der Waals surface area contributed by atoms with Gasteiger partial charge in [-0.05, 0) is 30.5 Å². The SMILES string of the molecule is CCN(CC(=O)O)c1ccc(OCC(C)(C)C)c(C#N)c1. The summed E-state index contributed by atoms with van der Waals surface area (Å²) in [5.74, 6) is -0.369. The second-order valence-electron chi connectivity index (χ2n) is 6.05. The smallest absolute Gasteiger partial charge is 0.323 e. The Bertz CT molecular complexity index is 541. The number of carbonyl (C=O) groups is 1. The molecule has 0 unspecified atom stereocenters. The van der Waals surface area contributed by atoms with Gasteiger partial charge in [0, 0.05) is 12.2 Å². The maximum Gasteiger partial charge on any atom is 0.323 e. The minimum absolute atomic E-state index is 0.00413. The molecule has 5 nitrogen and oxygen atoms in total. The average Bonchev–Trinajstić information content (AvgIpc) is 2.41. The molecule has 114 valence electrons. The predicted molar refractivity (Wildman–Crippen MR) is 81.6 cm³/mol. The summed E-state index contributed by atoms with van der Waals surface area (Å²) in [4.78, 5) is 12.5. The minimum atomic E-state index is -0.900. The Kier molecular flexibility index (Phi) is 5.60. The fraction of sp³-hybridized carbons (Fsp3) is 0.500. The highest BCUT2D eigenvalue weighted by molar-refractivity contribution is 5.74. The monoisotopic (exact) mass is 290 g/mol. The molecular weight excluding hydrogens is 268 g/mol. The van der Waals surface area contributed by atoms with E-state index in [2.05, 4.69) is 26.8 Å². The molecule has 5 heteroatoms. The molecule has 1 rings (SSSR count). The fourth-order valence-corrected chi connectivity index (χ4v) is 1.77. The lowest BCUT2D eigenvalue weighted by Gasteiger charge is -2.23. The van der Waals surface area contributed by atoms with Crippen LogP contribution in [0.5, 0.6) is 5.75 Å². The third-order valence-corrected chi connectivity index (χ3v) is 2.82. The van der Waals surface area contributed by atoms with E-state index in [9.17, 15) is 10.1 Å². The van der Waals surface area contributed by atoms with E-state index in [1.807, 2.05) is 6.92 Å². The minimum Gasteiger partial charge on any atom is -0.492 e. The number of carboxylic acid groups (broad SMARTS) is 1. The Morgan fingerprint density at radius 2 is 2.10 bits per heavy atom. The van der Waals surface area contributed by atoms with Gasteiger partial charge in [0.1, 0.15) is 18.4 Å². The number of aliphatic carboxylic acids is 1. The zero-order valence-electron chi connectivity index (χ0n) is 13.0. The molecule has 1 aromatic carbocycles. The van der Waals surface area contributed by atoms with Crippen LogP contribution in [0.4, 0.5) is 5.69 Å². The van der Waals surface area contributed by atoms with Gasteiger partial charge in [0.15, 0.2) is 0 Å². The van der Waals surface area contributed by atoms with Crippen molar-refractivity contribution in [2.45, 2.75) is 27.7 Å². The van der Waals surface area contributed by atoms with E-state index in [0.717, 1.165) is 0 Å². The van der Waals surface area contributed by atoms with Crippen LogP contribution in [-0.2, 0) is 4.79 Å². The summed E-state index contributed by atoms with van der Waals surface area (Å²) in [6, 6.07) is 7.29. The number of likely N-dealkylation sites (N-methyl/N-ethyl adjacent to an activating group) is 1. The molecule has 1 N–H and O–H groups in total. The van der Waals surface area contributed by atoms with Crippen LogP contribution in [0.3, 0.4) is 0 Å². The Labute approximate surface area is 125 Å². The molecule has 0 spiro atoms. The van der Waals surface area contributed by atoms with Gasteiger partial charge in [-0.3, -0.25) is 4.79 Å². The Hall–Kier alpha value is -2.22. The van der Waals surface area contributed by atoms with Gasteiger partial charge in [-0.15, -0.1) is 0 Å². The lowest BCUT2D eigenvalue weighted by atomic mass is 9.98. The van der Waals surface area contributed by atoms with Crippen molar-refractivity contribution in [3.63, 3.8) is 0 Å². The van der Waals surface area contributed by atoms with Gasteiger partial charge in [-0.2, -0.15) is 5.26 Å². The molecule has 0 saturated carbocycles. The van der Waals surface area contributed by atoms with Crippen LogP contribution in [0.1, 0.15) is 33.3 Å². The number of hydrogen-bond acceptors (Lipinski definition) is 4. The van der Waals surface area contributed by atoms with E-state index in [4.69, 9.17) is 9.84 Å². The third-order valence-electron chi connectivity index (χ3n) is 2.82. The average molecular weight is 290 g/mol. The maximum atomic E-state index is 10.8. The van der Waals surface area contributed by atoms with E-state index in [0.29, 0.717) is 30.2 Å². The maximum absolute atomic E-state index is 10.8. The summed E-state index contributed by atoms with van der Waals surface area (Å²) < 4.78 is 5.68. The van der Waals surface area contributed by atoms with Crippen molar-refractivity contribution in [1.29, 1.82) is 5.26 Å². The first-order valence-electron chi connectivity index (χ1n) is 6.90. The van der Waals surface area contributed by atoms with Gasteiger partial charge >= 0.3 is 5.97 Å². The topological polar surface area (TPSA) is 73.6 Å². The van der Waals surface area contributed by atoms with Crippen molar-refractivity contribution < 1.29 is 14.6 Å². The number of nitrogens with zero attached hydrogens (tertiary/aromatic N) is 2. The van der Waals surface area contributed by atoms with Crippen LogP contribution in [0.15, 0.2) is 18.2 Å². The first-order chi connectivity index (χ1) is 9.76. The standard InChI is InChI=1S/C16H22N2O3/c1-5-18(10-15(19)20)13-6-7-14(12(8-13)9-17)21-11-16(2,3)4/h6-8H,5,10-11H2,1-4H3,(H,19,20). The molecule has 0 fully saturated rings. The zero-order valence-corrected chi connectivity index (χ0v) is 13.0. The first kappa shape index (κ1) is 16.8. The van der Waals surface area contributed by atoms with E-state index >= 15 is 0 Å². The summed E-state index contributed by atoms with van der Waals surface area (Å²) in [5, 5.41) is 18.1. The zero-order chi connectivity index (χ0) is 16.0. The fourth-order valence-electron chi connectivity index (χ4n) is 1.77. The van der Waals surface area contributed by atoms with Gasteiger partial charge in [-0.1, -0.05) is 20.8 Å². The van der Waals surface area contributed by atoms with Gasteiger partial charge in [0.2, 0.25) is 0 Å². The highest BCUT2D eigenvalue weighted by atomic mass is 16.5. The van der Waals surface area contributed by atoms with Crippen LogP contribution >= 0.6 is 0 Å². The van der Waals surface area contributed by atoms with E-state index < -0.39 is 5.97 Å². The molecule has 0 aromatic heterocycles. The Balaban J connectivity index is 2.97. The molecule has 0 amide bonds. The molecule has 0 heterocycles. The molecule has 0 radical (unpaired) electrons. The largest absolute Gasteiger partial charge is 0.492 e. The second-order valence-corrected chi connectivity index (χ2v) is 6.05. The van der Waals surface area contributed by atoms with Crippen LogP contribution in [0.2, 0.25) is 0 Å². The van der Waals surface area contributed by atoms with Gasteiger partial charge < -0.3 is 14.7 Å². The summed E-state index contributed by atoms with van der Waals surface area (Å²) in [6.45, 7) is 9.01. The summed E-state index contributed by atoms with van der Waals surface area (Å²) in [5.41, 5.74) is 1.13. The number of carboxylic acids is 1. The number of rotatable bonds is 6. The third kappa shape index (κ3) is 5.35. The Morgan fingerprint density at radius 3 is 2.57 bits per heavy atom. The summed E-state index contributed by atoms with van der Waals surface area (Å²) in [7, 11) is 0. The van der Waals surface area contributed by atoms with Crippen molar-refractivity contribution in [2.75, 3.05) is 24.6 Å². The second kappa shape index (κ2) is 6.98. The predicted octanol–water partition coefficient (Wildman–Crippen LogP) is 2.89. The number of benzene rings is 1. The quantitative estimate of drug-likeness (QED) is 0.872. The Morgan fingerprint density at radius 1 is 1.43 bits per heavy atom. The molecule has 0 bridgehead atoms. The lowest BCUT2D eigenvalue weighted by molar-refractivity contribution is -0.135. The molecule has 0 aliphatic carbocycles. The van der Waals surface area contributed by atoms with Crippen LogP contribution in [-0.4, -0.2) is 30.8 Å². The van der Waals surface area contributed by atoms with E-state index in [-0.39, 0.29) is 12.0 Å². The van der Waals surface area contributed by atoms with Gasteiger partial charge in [0.25, 0.3) is 0 Å². The molecule has 0 aliphatic rings. The van der Waals surface area contributed by atoms with Crippen molar-refractivity contribution in [1.82, 2.24) is 0 Å². The van der Waals surface area contributed by atoms with Crippen LogP contribution in [0, 0.1) is 16.7 Å². The number of ether oxygens (including phenoxy) is 1. The lowest BCUT2D eigenvalue weighted by Crippen LogP contribution is -2.29. The molecule has 0 atom stereocenters. The van der Waals surface area contributed by atoms with Crippen molar-refractivity contribution in [2.24, 2.45) is 5.41 Å². The van der Waals surface area contributed by atoms with E-state index in [1.54, 1.807) is 23.1 Å². The van der Waals surface area contributed by atoms with Crippen molar-refractivity contribution >= 4 is 11.7 Å². The number of hydrogen-bond donors (Lipinski definition) is 1. The highest BCUT2D eigenvalue weighted by Crippen LogP contribution is 2.26. The van der Waals surface area contributed by atoms with Crippen LogP contribution < -0.4 is 9.64 Å². The highest BCUT2D eigenvalue weighted by Gasteiger charge is 2.15. The number of nitriles is 1. The van der Waals surface area contributed by atoms with Crippen molar-refractivity contribution in [3.8, 4) is 11.8 Å².